The second-order valence-corrected chi connectivity index (χ2v) is 15.4. The smallest absolute Gasteiger partial charge is 0.306 e. The topological polar surface area (TPSA) is 55.8 Å². The van der Waals surface area contributed by atoms with Crippen molar-refractivity contribution >= 4 is 5.97 Å². The van der Waals surface area contributed by atoms with Gasteiger partial charge in [-0.2, -0.15) is 0 Å². The lowest BCUT2D eigenvalue weighted by molar-refractivity contribution is -0.154. The van der Waals surface area contributed by atoms with Gasteiger partial charge in [0.05, 0.1) is 13.2 Å². The molecule has 0 saturated heterocycles. The van der Waals surface area contributed by atoms with E-state index in [1.54, 1.807) is 0 Å². The molecule has 0 saturated carbocycles. The number of carbonyl (C=O) groups excluding carboxylic acids is 1. The molecule has 53 heavy (non-hydrogen) atoms. The molecule has 0 aliphatic carbocycles. The van der Waals surface area contributed by atoms with E-state index < -0.39 is 6.10 Å². The number of aliphatic hydroxyl groups is 1. The van der Waals surface area contributed by atoms with Gasteiger partial charge in [-0.15, -0.1) is 0 Å². The van der Waals surface area contributed by atoms with Crippen molar-refractivity contribution in [1.82, 2.24) is 0 Å². The number of allylic oxidation sites excluding steroid dienone is 8. The van der Waals surface area contributed by atoms with Crippen molar-refractivity contribution in [3.8, 4) is 0 Å². The number of esters is 1. The maximum atomic E-state index is 12.2. The molecule has 0 aromatic heterocycles. The third-order valence-corrected chi connectivity index (χ3v) is 10.1. The molecular weight excluding hydrogens is 653 g/mol. The van der Waals surface area contributed by atoms with Gasteiger partial charge in [-0.25, -0.2) is 0 Å². The fraction of sp³-hybridized carbons (Fsp3) is 0.816. The Balaban J connectivity index is 3.40. The van der Waals surface area contributed by atoms with Crippen molar-refractivity contribution < 1.29 is 19.4 Å². The molecule has 0 radical (unpaired) electrons. The predicted molar refractivity (Wildman–Crippen MR) is 233 cm³/mol. The summed E-state index contributed by atoms with van der Waals surface area (Å²) in [4.78, 5) is 12.2. The number of rotatable bonds is 43. The van der Waals surface area contributed by atoms with Crippen LogP contribution in [0.4, 0.5) is 0 Å². The van der Waals surface area contributed by atoms with Crippen LogP contribution in [0.25, 0.3) is 0 Å². The quantitative estimate of drug-likeness (QED) is 0.0384. The molecule has 0 aliphatic heterocycles. The van der Waals surface area contributed by atoms with Crippen LogP contribution in [-0.2, 0) is 14.3 Å². The normalized spacial score (nSPS) is 12.7. The molecule has 1 atom stereocenters. The lowest BCUT2D eigenvalue weighted by Gasteiger charge is -2.15. The van der Waals surface area contributed by atoms with Gasteiger partial charge in [0, 0.05) is 13.0 Å². The van der Waals surface area contributed by atoms with Crippen LogP contribution in [-0.4, -0.2) is 37.0 Å². The molecule has 0 rings (SSSR count). The zero-order chi connectivity index (χ0) is 38.4. The van der Waals surface area contributed by atoms with E-state index in [0.717, 1.165) is 44.9 Å². The fourth-order valence-electron chi connectivity index (χ4n) is 6.69. The third kappa shape index (κ3) is 44.6. The lowest BCUT2D eigenvalue weighted by Crippen LogP contribution is -2.27. The number of aliphatic hydroxyl groups excluding tert-OH is 1. The molecule has 0 heterocycles. The molecule has 0 aromatic carbocycles. The number of ether oxygens (including phenoxy) is 2. The minimum Gasteiger partial charge on any atom is -0.457 e. The van der Waals surface area contributed by atoms with Gasteiger partial charge < -0.3 is 14.6 Å². The van der Waals surface area contributed by atoms with Crippen molar-refractivity contribution in [3.63, 3.8) is 0 Å². The summed E-state index contributed by atoms with van der Waals surface area (Å²) in [6.07, 6.45) is 60.5. The summed E-state index contributed by atoms with van der Waals surface area (Å²) in [5.41, 5.74) is 0. The first-order chi connectivity index (χ1) is 26.2. The number of carbonyl (C=O) groups is 1. The summed E-state index contributed by atoms with van der Waals surface area (Å²) in [6.45, 7) is 5.23. The summed E-state index contributed by atoms with van der Waals surface area (Å²) in [7, 11) is 0. The Morgan fingerprint density at radius 2 is 0.849 bits per heavy atom. The highest BCUT2D eigenvalue weighted by atomic mass is 16.6. The molecule has 4 heteroatoms. The van der Waals surface area contributed by atoms with E-state index in [-0.39, 0.29) is 19.2 Å². The van der Waals surface area contributed by atoms with Crippen molar-refractivity contribution in [1.29, 1.82) is 0 Å². The highest BCUT2D eigenvalue weighted by Gasteiger charge is 2.13. The minimum absolute atomic E-state index is 0.177. The first-order valence-electron chi connectivity index (χ1n) is 23.2. The van der Waals surface area contributed by atoms with Gasteiger partial charge in [0.15, 0.2) is 0 Å². The maximum absolute atomic E-state index is 12.2. The van der Waals surface area contributed by atoms with Crippen LogP contribution in [0.3, 0.4) is 0 Å². The molecule has 4 nitrogen and oxygen atoms in total. The number of hydrogen-bond acceptors (Lipinski definition) is 4. The van der Waals surface area contributed by atoms with Crippen LogP contribution in [0.15, 0.2) is 48.6 Å². The van der Waals surface area contributed by atoms with Crippen molar-refractivity contribution in [2.75, 3.05) is 19.8 Å². The summed E-state index contributed by atoms with van der Waals surface area (Å²) >= 11 is 0. The Morgan fingerprint density at radius 1 is 0.472 bits per heavy atom. The second kappa shape index (κ2) is 46.5. The van der Waals surface area contributed by atoms with Crippen LogP contribution in [0, 0.1) is 0 Å². The molecule has 1 N–H and O–H groups in total. The molecule has 0 bridgehead atoms. The Morgan fingerprint density at radius 3 is 1.30 bits per heavy atom. The molecular formula is C49H90O4. The van der Waals surface area contributed by atoms with Crippen LogP contribution in [0.2, 0.25) is 0 Å². The van der Waals surface area contributed by atoms with Crippen molar-refractivity contribution in [2.45, 2.75) is 238 Å². The van der Waals surface area contributed by atoms with E-state index in [1.165, 1.54) is 167 Å². The van der Waals surface area contributed by atoms with Gasteiger partial charge >= 0.3 is 5.97 Å². The number of hydrogen-bond donors (Lipinski definition) is 1. The third-order valence-electron chi connectivity index (χ3n) is 10.1. The van der Waals surface area contributed by atoms with E-state index in [2.05, 4.69) is 62.5 Å². The van der Waals surface area contributed by atoms with Gasteiger partial charge in [-0.1, -0.05) is 204 Å². The van der Waals surface area contributed by atoms with E-state index in [9.17, 15) is 9.90 Å². The summed E-state index contributed by atoms with van der Waals surface area (Å²) in [5.74, 6) is -0.204. The second-order valence-electron chi connectivity index (χ2n) is 15.4. The van der Waals surface area contributed by atoms with Gasteiger partial charge in [0.2, 0.25) is 0 Å². The van der Waals surface area contributed by atoms with Crippen LogP contribution < -0.4 is 0 Å². The Kier molecular flexibility index (Phi) is 45.1. The predicted octanol–water partition coefficient (Wildman–Crippen LogP) is 15.4. The zero-order valence-electron chi connectivity index (χ0n) is 35.5. The summed E-state index contributed by atoms with van der Waals surface area (Å²) in [6, 6.07) is 0. The Bertz CT molecular complexity index is 828. The molecule has 0 aromatic rings. The zero-order valence-corrected chi connectivity index (χ0v) is 35.5. The van der Waals surface area contributed by atoms with Gasteiger partial charge in [0.25, 0.3) is 0 Å². The van der Waals surface area contributed by atoms with Gasteiger partial charge in [-0.05, 0) is 70.6 Å². The average molecular weight is 743 g/mol. The van der Waals surface area contributed by atoms with Crippen LogP contribution in [0.5, 0.6) is 0 Å². The average Bonchev–Trinajstić information content (AvgIpc) is 3.16. The maximum Gasteiger partial charge on any atom is 0.306 e. The standard InChI is InChI=1S/C49H90O4/c1-3-5-7-9-11-13-15-17-19-21-22-23-24-25-26-27-28-29-30-32-34-36-38-40-42-44-49(51)53-48(46-50)47-52-45-43-41-39-37-35-33-31-20-18-16-14-12-10-8-6-4-2/h6,8,12,14,18,20-22,48,50H,3-5,7,9-11,13,15-17,19,23-47H2,1-2H3/b8-6-,14-12-,20-18-,22-21-. The van der Waals surface area contributed by atoms with E-state index in [0.29, 0.717) is 13.0 Å². The minimum atomic E-state index is -0.541. The summed E-state index contributed by atoms with van der Waals surface area (Å²) in [5, 5.41) is 9.61. The highest BCUT2D eigenvalue weighted by Crippen LogP contribution is 2.15. The van der Waals surface area contributed by atoms with E-state index in [4.69, 9.17) is 9.47 Å². The first-order valence-corrected chi connectivity index (χ1v) is 23.2. The van der Waals surface area contributed by atoms with E-state index >= 15 is 0 Å². The fourth-order valence-corrected chi connectivity index (χ4v) is 6.69. The Hall–Kier alpha value is -1.65. The lowest BCUT2D eigenvalue weighted by atomic mass is 10.0. The largest absolute Gasteiger partial charge is 0.457 e. The van der Waals surface area contributed by atoms with E-state index in [1.807, 2.05) is 0 Å². The van der Waals surface area contributed by atoms with Gasteiger partial charge in [-0.3, -0.25) is 4.79 Å². The van der Waals surface area contributed by atoms with Gasteiger partial charge in [0.1, 0.15) is 6.10 Å². The number of unbranched alkanes of at least 4 members (excludes halogenated alkanes) is 27. The molecule has 0 spiro atoms. The highest BCUT2D eigenvalue weighted by molar-refractivity contribution is 5.69. The molecule has 0 fully saturated rings. The summed E-state index contributed by atoms with van der Waals surface area (Å²) < 4.78 is 11.2. The first kappa shape index (κ1) is 51.4. The monoisotopic (exact) mass is 743 g/mol. The molecule has 0 aliphatic rings. The van der Waals surface area contributed by atoms with Crippen LogP contribution >= 0.6 is 0 Å². The molecule has 310 valence electrons. The molecule has 0 amide bonds. The molecule has 1 unspecified atom stereocenters. The van der Waals surface area contributed by atoms with Crippen LogP contribution in [0.1, 0.15) is 232 Å². The van der Waals surface area contributed by atoms with Crippen molar-refractivity contribution in [2.24, 2.45) is 0 Å². The Labute approximate surface area is 331 Å². The van der Waals surface area contributed by atoms with Crippen molar-refractivity contribution in [3.05, 3.63) is 48.6 Å². The SMILES string of the molecule is CC/C=C\C/C=C\C/C=C\CCCCCCCCOCC(CO)OC(=O)CCCCCCCCCCCCCCC/C=C\CCCCCCCCCC.